The molecule has 3 rings (SSSR count). The highest BCUT2D eigenvalue weighted by Gasteiger charge is 2.12. The van der Waals surface area contributed by atoms with Crippen molar-refractivity contribution in [2.75, 3.05) is 0 Å². The maximum atomic E-state index is 5.97. The normalized spacial score (nSPS) is 11.8. The molecule has 0 saturated heterocycles. The molecule has 0 N–H and O–H groups in total. The third-order valence-electron chi connectivity index (χ3n) is 4.04. The van der Waals surface area contributed by atoms with Crippen LogP contribution in [0.3, 0.4) is 0 Å². The summed E-state index contributed by atoms with van der Waals surface area (Å²) in [6.07, 6.45) is 1.92. The number of benzene rings is 3. The van der Waals surface area contributed by atoms with E-state index in [0.717, 1.165) is 26.1 Å². The van der Waals surface area contributed by atoms with E-state index in [0.29, 0.717) is 0 Å². The van der Waals surface area contributed by atoms with Gasteiger partial charge in [-0.05, 0) is 52.9 Å². The van der Waals surface area contributed by atoms with Gasteiger partial charge < -0.3 is 0 Å². The van der Waals surface area contributed by atoms with Crippen LogP contribution in [-0.4, -0.2) is 6.21 Å². The zero-order chi connectivity index (χ0) is 18.6. The first-order valence-corrected chi connectivity index (χ1v) is 9.78. The summed E-state index contributed by atoms with van der Waals surface area (Å²) in [6, 6.07) is 24.7. The van der Waals surface area contributed by atoms with Crippen LogP contribution in [-0.2, 0) is 5.41 Å². The van der Waals surface area contributed by atoms with Gasteiger partial charge in [-0.15, -0.1) is 0 Å². The first-order chi connectivity index (χ1) is 12.4. The lowest BCUT2D eigenvalue weighted by molar-refractivity contribution is 0.590. The largest absolute Gasteiger partial charge is 0.255 e. The second-order valence-electron chi connectivity index (χ2n) is 7.15. The van der Waals surface area contributed by atoms with Crippen molar-refractivity contribution in [3.63, 3.8) is 0 Å². The number of hydrogen-bond donors (Lipinski definition) is 0. The Bertz CT molecular complexity index is 891. The predicted octanol–water partition coefficient (Wildman–Crippen LogP) is 7.54. The van der Waals surface area contributed by atoms with Gasteiger partial charge in [0.25, 0.3) is 0 Å². The van der Waals surface area contributed by atoms with E-state index in [4.69, 9.17) is 16.6 Å². The van der Waals surface area contributed by atoms with Crippen LogP contribution in [0.1, 0.15) is 31.9 Å². The maximum absolute atomic E-state index is 5.97. The predicted molar refractivity (Wildman–Crippen MR) is 114 cm³/mol. The molecule has 0 aromatic heterocycles. The summed E-state index contributed by atoms with van der Waals surface area (Å²) in [5.41, 5.74) is 3.56. The van der Waals surface area contributed by atoms with E-state index in [1.807, 2.05) is 48.7 Å². The lowest BCUT2D eigenvalue weighted by Gasteiger charge is -2.18. The third kappa shape index (κ3) is 5.00. The maximum Gasteiger partial charge on any atom is 0.0769 e. The highest BCUT2D eigenvalue weighted by atomic mass is 35.5. The van der Waals surface area contributed by atoms with Crippen LogP contribution >= 0.6 is 23.4 Å². The molecule has 0 heterocycles. The molecule has 1 nitrogen and oxygen atoms in total. The standard InChI is InChI=1S/C23H22ClNS/c1-23(2,3)18-10-8-17(9-11-18)16-25-21-6-4-5-7-22(21)26-20-14-12-19(24)13-15-20/h4-16H,1-3H3. The van der Waals surface area contributed by atoms with Crippen molar-refractivity contribution in [2.45, 2.75) is 36.0 Å². The van der Waals surface area contributed by atoms with Gasteiger partial charge in [0.1, 0.15) is 0 Å². The summed E-state index contributed by atoms with van der Waals surface area (Å²) in [6.45, 7) is 6.67. The molecule has 3 aromatic rings. The number of hydrogen-bond acceptors (Lipinski definition) is 2. The van der Waals surface area contributed by atoms with E-state index < -0.39 is 0 Å². The molecule has 0 amide bonds. The fourth-order valence-electron chi connectivity index (χ4n) is 2.49. The summed E-state index contributed by atoms with van der Waals surface area (Å²) in [4.78, 5) is 6.98. The summed E-state index contributed by atoms with van der Waals surface area (Å²) in [5, 5.41) is 0.749. The average Bonchev–Trinajstić information content (AvgIpc) is 2.62. The molecule has 0 fully saturated rings. The summed E-state index contributed by atoms with van der Waals surface area (Å²) in [7, 11) is 0. The van der Waals surface area contributed by atoms with Crippen molar-refractivity contribution in [2.24, 2.45) is 4.99 Å². The Hall–Kier alpha value is -2.03. The molecule has 0 saturated carbocycles. The number of nitrogens with zero attached hydrogens (tertiary/aromatic N) is 1. The highest BCUT2D eigenvalue weighted by Crippen LogP contribution is 2.35. The SMILES string of the molecule is CC(C)(C)c1ccc(C=Nc2ccccc2Sc2ccc(Cl)cc2)cc1. The van der Waals surface area contributed by atoms with Gasteiger partial charge in [-0.2, -0.15) is 0 Å². The first kappa shape index (κ1) is 18.8. The van der Waals surface area contributed by atoms with Crippen molar-refractivity contribution in [1.29, 1.82) is 0 Å². The Morgan fingerprint density at radius 1 is 0.846 bits per heavy atom. The molecule has 0 aliphatic carbocycles. The second kappa shape index (κ2) is 8.11. The van der Waals surface area contributed by atoms with Gasteiger partial charge >= 0.3 is 0 Å². The minimum absolute atomic E-state index is 0.164. The van der Waals surface area contributed by atoms with Gasteiger partial charge in [-0.3, -0.25) is 4.99 Å². The number of halogens is 1. The smallest absolute Gasteiger partial charge is 0.0769 e. The zero-order valence-corrected chi connectivity index (χ0v) is 16.8. The van der Waals surface area contributed by atoms with E-state index in [1.54, 1.807) is 11.8 Å². The lowest BCUT2D eigenvalue weighted by Crippen LogP contribution is -2.10. The Labute approximate surface area is 165 Å². The molecule has 0 aliphatic heterocycles. The molecular formula is C23H22ClNS. The minimum atomic E-state index is 0.164. The van der Waals surface area contributed by atoms with E-state index in [1.165, 1.54) is 5.56 Å². The molecule has 3 aromatic carbocycles. The Morgan fingerprint density at radius 2 is 1.50 bits per heavy atom. The second-order valence-corrected chi connectivity index (χ2v) is 8.71. The van der Waals surface area contributed by atoms with Crippen molar-refractivity contribution in [3.8, 4) is 0 Å². The molecule has 0 atom stereocenters. The first-order valence-electron chi connectivity index (χ1n) is 8.59. The van der Waals surface area contributed by atoms with E-state index in [2.05, 4.69) is 51.1 Å². The summed E-state index contributed by atoms with van der Waals surface area (Å²) >= 11 is 7.66. The van der Waals surface area contributed by atoms with Crippen LogP contribution in [0.15, 0.2) is 87.6 Å². The third-order valence-corrected chi connectivity index (χ3v) is 5.36. The molecule has 0 aliphatic rings. The van der Waals surface area contributed by atoms with Crippen LogP contribution in [0.4, 0.5) is 5.69 Å². The Balaban J connectivity index is 1.79. The molecule has 132 valence electrons. The Kier molecular flexibility index (Phi) is 5.85. The van der Waals surface area contributed by atoms with E-state index in [9.17, 15) is 0 Å². The topological polar surface area (TPSA) is 12.4 Å². The fourth-order valence-corrected chi connectivity index (χ4v) is 3.52. The average molecular weight is 380 g/mol. The summed E-state index contributed by atoms with van der Waals surface area (Å²) < 4.78 is 0. The highest BCUT2D eigenvalue weighted by molar-refractivity contribution is 7.99. The molecule has 0 bridgehead atoms. The van der Waals surface area contributed by atoms with Crippen molar-refractivity contribution in [3.05, 3.63) is 88.9 Å². The molecule has 3 heteroatoms. The van der Waals surface area contributed by atoms with Crippen LogP contribution in [0.5, 0.6) is 0 Å². The van der Waals surface area contributed by atoms with Crippen LogP contribution < -0.4 is 0 Å². The molecule has 0 radical (unpaired) electrons. The monoisotopic (exact) mass is 379 g/mol. The number of para-hydroxylation sites is 1. The van der Waals surface area contributed by atoms with Gasteiger partial charge in [0.2, 0.25) is 0 Å². The fraction of sp³-hybridized carbons (Fsp3) is 0.174. The van der Waals surface area contributed by atoms with Crippen molar-refractivity contribution < 1.29 is 0 Å². The van der Waals surface area contributed by atoms with Crippen molar-refractivity contribution >= 4 is 35.3 Å². The molecule has 0 unspecified atom stereocenters. The van der Waals surface area contributed by atoms with Gasteiger partial charge in [0, 0.05) is 21.0 Å². The number of aliphatic imine (C=N–C) groups is 1. The molecular weight excluding hydrogens is 358 g/mol. The lowest BCUT2D eigenvalue weighted by atomic mass is 9.87. The minimum Gasteiger partial charge on any atom is -0.255 e. The van der Waals surface area contributed by atoms with Crippen LogP contribution in [0, 0.1) is 0 Å². The van der Waals surface area contributed by atoms with Gasteiger partial charge in [0.05, 0.1) is 5.69 Å². The molecule has 26 heavy (non-hydrogen) atoms. The summed E-state index contributed by atoms with van der Waals surface area (Å²) in [5.74, 6) is 0. The van der Waals surface area contributed by atoms with Crippen LogP contribution in [0.25, 0.3) is 0 Å². The van der Waals surface area contributed by atoms with Gasteiger partial charge in [-0.1, -0.05) is 80.5 Å². The van der Waals surface area contributed by atoms with E-state index >= 15 is 0 Å². The zero-order valence-electron chi connectivity index (χ0n) is 15.2. The van der Waals surface area contributed by atoms with Gasteiger partial charge in [-0.25, -0.2) is 0 Å². The molecule has 0 spiro atoms. The quantitative estimate of drug-likeness (QED) is 0.426. The van der Waals surface area contributed by atoms with Crippen LogP contribution in [0.2, 0.25) is 5.02 Å². The van der Waals surface area contributed by atoms with Gasteiger partial charge in [0.15, 0.2) is 0 Å². The van der Waals surface area contributed by atoms with E-state index in [-0.39, 0.29) is 5.41 Å². The number of rotatable bonds is 4. The van der Waals surface area contributed by atoms with Crippen molar-refractivity contribution in [1.82, 2.24) is 0 Å². The Morgan fingerprint density at radius 3 is 2.15 bits per heavy atom.